The van der Waals surface area contributed by atoms with Crippen molar-refractivity contribution in [3.8, 4) is 22.7 Å². The molecule has 0 saturated carbocycles. The van der Waals surface area contributed by atoms with E-state index in [-0.39, 0.29) is 5.75 Å². The average molecular weight is 346 g/mol. The van der Waals surface area contributed by atoms with E-state index in [1.54, 1.807) is 12.1 Å². The van der Waals surface area contributed by atoms with Crippen LogP contribution in [0.3, 0.4) is 0 Å². The summed E-state index contributed by atoms with van der Waals surface area (Å²) in [6, 6.07) is 15.0. The monoisotopic (exact) mass is 346 g/mol. The predicted molar refractivity (Wildman–Crippen MR) is 101 cm³/mol. The van der Waals surface area contributed by atoms with Crippen molar-refractivity contribution in [3.05, 3.63) is 65.5 Å². The molecule has 0 aliphatic heterocycles. The highest BCUT2D eigenvalue weighted by atomic mass is 16.4. The molecule has 0 fully saturated rings. The van der Waals surface area contributed by atoms with Gasteiger partial charge in [0, 0.05) is 27.9 Å². The fraction of sp³-hybridized carbons (Fsp3) is 0.100. The first kappa shape index (κ1) is 16.0. The first-order chi connectivity index (χ1) is 12.6. The summed E-state index contributed by atoms with van der Waals surface area (Å²) in [5.41, 5.74) is 6.32. The summed E-state index contributed by atoms with van der Waals surface area (Å²) in [5.74, 6) is 0.208. The zero-order valence-electron chi connectivity index (χ0n) is 14.4. The van der Waals surface area contributed by atoms with E-state index in [1.165, 1.54) is 6.21 Å². The maximum absolute atomic E-state index is 9.67. The first-order valence-electron chi connectivity index (χ1n) is 8.24. The smallest absolute Gasteiger partial charge is 0.115 e. The highest BCUT2D eigenvalue weighted by Gasteiger charge is 2.22. The zero-order valence-corrected chi connectivity index (χ0v) is 14.4. The van der Waals surface area contributed by atoms with Crippen molar-refractivity contribution in [2.24, 2.45) is 5.16 Å². The van der Waals surface area contributed by atoms with Crippen LogP contribution < -0.4 is 0 Å². The summed E-state index contributed by atoms with van der Waals surface area (Å²) in [6.07, 6.45) is 1.46. The number of aromatic hydroxyl groups is 1. The number of benzene rings is 2. The standard InChI is InChI=1S/C20H18N4O2/c1-12-19(13(2)23-22-12)20-17(11-21-26)16-5-3-4-6-18(16)24(20)14-7-9-15(25)10-8-14/h3-11,25-26H,1-2H3,(H,22,23)/b21-11+. The fourth-order valence-corrected chi connectivity index (χ4v) is 3.47. The van der Waals surface area contributed by atoms with Crippen molar-refractivity contribution < 1.29 is 10.3 Å². The number of aryl methyl sites for hydroxylation is 2. The van der Waals surface area contributed by atoms with E-state index in [4.69, 9.17) is 0 Å². The van der Waals surface area contributed by atoms with E-state index in [0.717, 1.165) is 44.8 Å². The minimum atomic E-state index is 0.208. The molecule has 26 heavy (non-hydrogen) atoms. The molecule has 2 heterocycles. The van der Waals surface area contributed by atoms with Gasteiger partial charge >= 0.3 is 0 Å². The Bertz CT molecular complexity index is 1100. The normalized spacial score (nSPS) is 11.6. The van der Waals surface area contributed by atoms with Crippen LogP contribution in [0.5, 0.6) is 5.75 Å². The van der Waals surface area contributed by atoms with Gasteiger partial charge in [-0.3, -0.25) is 5.10 Å². The van der Waals surface area contributed by atoms with Gasteiger partial charge in [0.15, 0.2) is 0 Å². The van der Waals surface area contributed by atoms with Crippen LogP contribution in [0.2, 0.25) is 0 Å². The number of nitrogens with one attached hydrogen (secondary N) is 1. The van der Waals surface area contributed by atoms with Crippen molar-refractivity contribution in [3.63, 3.8) is 0 Å². The van der Waals surface area contributed by atoms with E-state index < -0.39 is 0 Å². The second kappa shape index (κ2) is 6.07. The lowest BCUT2D eigenvalue weighted by molar-refractivity contribution is 0.322. The molecular formula is C20H18N4O2. The number of phenolic OH excluding ortho intramolecular Hbond substituents is 1. The third-order valence-electron chi connectivity index (χ3n) is 4.57. The number of phenols is 1. The molecule has 0 amide bonds. The van der Waals surface area contributed by atoms with Gasteiger partial charge in [0.2, 0.25) is 0 Å². The molecular weight excluding hydrogens is 328 g/mol. The maximum atomic E-state index is 9.67. The lowest BCUT2D eigenvalue weighted by Crippen LogP contribution is -1.99. The molecule has 4 aromatic rings. The highest BCUT2D eigenvalue weighted by molar-refractivity contribution is 6.07. The van der Waals surface area contributed by atoms with Gasteiger partial charge in [0.05, 0.1) is 23.1 Å². The van der Waals surface area contributed by atoms with Gasteiger partial charge in [-0.1, -0.05) is 23.4 Å². The third kappa shape index (κ3) is 2.35. The summed E-state index contributed by atoms with van der Waals surface area (Å²) in [7, 11) is 0. The summed E-state index contributed by atoms with van der Waals surface area (Å²) in [6.45, 7) is 3.91. The Morgan fingerprint density at radius 3 is 2.46 bits per heavy atom. The molecule has 0 radical (unpaired) electrons. The van der Waals surface area contributed by atoms with Crippen LogP contribution >= 0.6 is 0 Å². The van der Waals surface area contributed by atoms with Gasteiger partial charge in [-0.05, 0) is 44.2 Å². The van der Waals surface area contributed by atoms with Gasteiger partial charge in [0.1, 0.15) is 5.75 Å². The SMILES string of the molecule is Cc1n[nH]c(C)c1-c1c(/C=N/O)c2ccccc2n1-c1ccc(O)cc1. The van der Waals surface area contributed by atoms with Crippen molar-refractivity contribution in [1.82, 2.24) is 14.8 Å². The van der Waals surface area contributed by atoms with E-state index >= 15 is 0 Å². The summed E-state index contributed by atoms with van der Waals surface area (Å²) < 4.78 is 2.09. The number of H-pyrrole nitrogens is 1. The summed E-state index contributed by atoms with van der Waals surface area (Å²) in [4.78, 5) is 0. The Morgan fingerprint density at radius 1 is 1.08 bits per heavy atom. The number of nitrogens with zero attached hydrogens (tertiary/aromatic N) is 3. The molecule has 0 atom stereocenters. The molecule has 6 heteroatoms. The molecule has 3 N–H and O–H groups in total. The number of para-hydroxylation sites is 1. The Balaban J connectivity index is 2.19. The van der Waals surface area contributed by atoms with Gasteiger partial charge in [-0.2, -0.15) is 5.10 Å². The molecule has 0 bridgehead atoms. The van der Waals surface area contributed by atoms with Gasteiger partial charge in [-0.25, -0.2) is 0 Å². The second-order valence-corrected chi connectivity index (χ2v) is 6.18. The predicted octanol–water partition coefficient (Wildman–Crippen LogP) is 4.15. The van der Waals surface area contributed by atoms with Crippen molar-refractivity contribution >= 4 is 17.1 Å². The molecule has 0 spiro atoms. The highest BCUT2D eigenvalue weighted by Crippen LogP contribution is 2.38. The fourth-order valence-electron chi connectivity index (χ4n) is 3.47. The van der Waals surface area contributed by atoms with Crippen LogP contribution in [0.1, 0.15) is 17.0 Å². The Kier molecular flexibility index (Phi) is 3.73. The van der Waals surface area contributed by atoms with Gasteiger partial charge in [-0.15, -0.1) is 0 Å². The van der Waals surface area contributed by atoms with Crippen molar-refractivity contribution in [2.45, 2.75) is 13.8 Å². The third-order valence-corrected chi connectivity index (χ3v) is 4.57. The topological polar surface area (TPSA) is 86.4 Å². The van der Waals surface area contributed by atoms with Crippen LogP contribution in [0.4, 0.5) is 0 Å². The molecule has 2 aromatic carbocycles. The van der Waals surface area contributed by atoms with Crippen molar-refractivity contribution in [2.75, 3.05) is 0 Å². The number of hydrogen-bond acceptors (Lipinski definition) is 4. The summed E-state index contributed by atoms with van der Waals surface area (Å²) in [5, 5.41) is 30.5. The quantitative estimate of drug-likeness (QED) is 0.296. The van der Waals surface area contributed by atoms with E-state index in [2.05, 4.69) is 19.9 Å². The lowest BCUT2D eigenvalue weighted by atomic mass is 10.0. The molecule has 2 aromatic heterocycles. The zero-order chi connectivity index (χ0) is 18.3. The van der Waals surface area contributed by atoms with E-state index in [9.17, 15) is 10.3 Å². The maximum Gasteiger partial charge on any atom is 0.115 e. The van der Waals surface area contributed by atoms with Crippen LogP contribution in [0, 0.1) is 13.8 Å². The second-order valence-electron chi connectivity index (χ2n) is 6.18. The number of hydrogen-bond donors (Lipinski definition) is 3. The number of oxime groups is 1. The first-order valence-corrected chi connectivity index (χ1v) is 8.24. The largest absolute Gasteiger partial charge is 0.508 e. The molecule has 0 aliphatic rings. The molecule has 0 unspecified atom stereocenters. The minimum Gasteiger partial charge on any atom is -0.508 e. The minimum absolute atomic E-state index is 0.208. The lowest BCUT2D eigenvalue weighted by Gasteiger charge is -2.12. The molecule has 4 rings (SSSR count). The Labute approximate surface area is 150 Å². The Hall–Kier alpha value is -3.54. The number of aromatic amines is 1. The molecule has 0 aliphatic carbocycles. The van der Waals surface area contributed by atoms with E-state index in [0.29, 0.717) is 0 Å². The van der Waals surface area contributed by atoms with Crippen molar-refractivity contribution in [1.29, 1.82) is 0 Å². The number of fused-ring (bicyclic) bond motifs is 1. The number of aromatic nitrogens is 3. The average Bonchev–Trinajstić information content (AvgIpc) is 3.13. The van der Waals surface area contributed by atoms with E-state index in [1.807, 2.05) is 50.2 Å². The molecule has 6 nitrogen and oxygen atoms in total. The van der Waals surface area contributed by atoms with Gasteiger partial charge < -0.3 is 14.9 Å². The van der Waals surface area contributed by atoms with Crippen LogP contribution in [-0.2, 0) is 0 Å². The van der Waals surface area contributed by atoms with Crippen LogP contribution in [-0.4, -0.2) is 31.3 Å². The van der Waals surface area contributed by atoms with Crippen LogP contribution in [0.15, 0.2) is 53.7 Å². The molecule has 0 saturated heterocycles. The summed E-state index contributed by atoms with van der Waals surface area (Å²) >= 11 is 0. The van der Waals surface area contributed by atoms with Gasteiger partial charge in [0.25, 0.3) is 0 Å². The molecule has 130 valence electrons. The van der Waals surface area contributed by atoms with Crippen LogP contribution in [0.25, 0.3) is 27.8 Å². The Morgan fingerprint density at radius 2 is 1.81 bits per heavy atom. The number of rotatable bonds is 3.